The SMILES string of the molecule is COc1ccc(-c2[nH]ncc2CN2CCc3nc(-c4cccs4)ncc3C2)cc1OC. The van der Waals surface area contributed by atoms with Gasteiger partial charge in [-0.1, -0.05) is 6.07 Å². The predicted octanol–water partition coefficient (Wildman–Crippen LogP) is 4.17. The predicted molar refractivity (Wildman–Crippen MR) is 120 cm³/mol. The highest BCUT2D eigenvalue weighted by Crippen LogP contribution is 2.33. The number of thiophene rings is 1. The number of benzene rings is 1. The number of nitrogens with one attached hydrogen (secondary N) is 1. The topological polar surface area (TPSA) is 76.2 Å². The Morgan fingerprint density at radius 3 is 2.84 bits per heavy atom. The van der Waals surface area contributed by atoms with E-state index in [-0.39, 0.29) is 0 Å². The molecule has 0 amide bonds. The first-order chi connectivity index (χ1) is 15.2. The Balaban J connectivity index is 1.34. The fourth-order valence-electron chi connectivity index (χ4n) is 3.95. The lowest BCUT2D eigenvalue weighted by Crippen LogP contribution is -2.31. The molecule has 0 spiro atoms. The third kappa shape index (κ3) is 3.92. The van der Waals surface area contributed by atoms with Gasteiger partial charge in [0.2, 0.25) is 0 Å². The van der Waals surface area contributed by atoms with E-state index in [9.17, 15) is 0 Å². The zero-order valence-corrected chi connectivity index (χ0v) is 18.3. The summed E-state index contributed by atoms with van der Waals surface area (Å²) < 4.78 is 10.8. The van der Waals surface area contributed by atoms with Gasteiger partial charge in [-0.15, -0.1) is 11.3 Å². The molecule has 1 aromatic carbocycles. The summed E-state index contributed by atoms with van der Waals surface area (Å²) in [7, 11) is 3.28. The van der Waals surface area contributed by atoms with Gasteiger partial charge in [0.05, 0.1) is 36.7 Å². The van der Waals surface area contributed by atoms with Crippen molar-refractivity contribution in [2.24, 2.45) is 0 Å². The molecule has 3 aromatic heterocycles. The summed E-state index contributed by atoms with van der Waals surface area (Å²) in [4.78, 5) is 12.9. The first kappa shape index (κ1) is 19.7. The van der Waals surface area contributed by atoms with E-state index in [4.69, 9.17) is 14.5 Å². The maximum absolute atomic E-state index is 5.46. The molecule has 0 radical (unpaired) electrons. The summed E-state index contributed by atoms with van der Waals surface area (Å²) in [5, 5.41) is 9.50. The number of aromatic nitrogens is 4. The van der Waals surface area contributed by atoms with Crippen molar-refractivity contribution >= 4 is 11.3 Å². The minimum atomic E-state index is 0.700. The number of fused-ring (bicyclic) bond motifs is 1. The third-order valence-electron chi connectivity index (χ3n) is 5.54. The highest BCUT2D eigenvalue weighted by Gasteiger charge is 2.21. The van der Waals surface area contributed by atoms with Crippen LogP contribution in [0.25, 0.3) is 22.0 Å². The first-order valence-corrected chi connectivity index (χ1v) is 11.0. The molecule has 0 aliphatic carbocycles. The molecule has 0 unspecified atom stereocenters. The van der Waals surface area contributed by atoms with Crippen LogP contribution in [0.1, 0.15) is 16.8 Å². The zero-order chi connectivity index (χ0) is 21.2. The fraction of sp³-hybridized carbons (Fsp3) is 0.261. The Bertz CT molecular complexity index is 1190. The number of hydrogen-bond donors (Lipinski definition) is 1. The number of methoxy groups -OCH3 is 2. The van der Waals surface area contributed by atoms with Gasteiger partial charge in [-0.2, -0.15) is 5.10 Å². The van der Waals surface area contributed by atoms with E-state index in [1.54, 1.807) is 25.6 Å². The molecular formula is C23H23N5O2S. The Morgan fingerprint density at radius 1 is 1.13 bits per heavy atom. The van der Waals surface area contributed by atoms with Crippen molar-refractivity contribution in [3.8, 4) is 33.5 Å². The Labute approximate surface area is 184 Å². The van der Waals surface area contributed by atoms with Gasteiger partial charge < -0.3 is 9.47 Å². The molecule has 0 saturated carbocycles. The number of nitrogens with zero attached hydrogens (tertiary/aromatic N) is 4. The molecule has 1 aliphatic rings. The van der Waals surface area contributed by atoms with Crippen LogP contribution < -0.4 is 9.47 Å². The lowest BCUT2D eigenvalue weighted by atomic mass is 10.0. The normalized spacial score (nSPS) is 13.7. The number of aromatic amines is 1. The van der Waals surface area contributed by atoms with Gasteiger partial charge >= 0.3 is 0 Å². The summed E-state index contributed by atoms with van der Waals surface area (Å²) >= 11 is 1.67. The van der Waals surface area contributed by atoms with E-state index in [2.05, 4.69) is 31.5 Å². The van der Waals surface area contributed by atoms with Gasteiger partial charge in [0.1, 0.15) is 0 Å². The van der Waals surface area contributed by atoms with Crippen LogP contribution in [-0.4, -0.2) is 45.8 Å². The quantitative estimate of drug-likeness (QED) is 0.492. The van der Waals surface area contributed by atoms with Crippen molar-refractivity contribution in [2.45, 2.75) is 19.5 Å². The average Bonchev–Trinajstić information content (AvgIpc) is 3.51. The molecular weight excluding hydrogens is 410 g/mol. The van der Waals surface area contributed by atoms with Gasteiger partial charge in [0.15, 0.2) is 17.3 Å². The standard InChI is InChI=1S/C23H23N5O2S/c1-29-19-6-5-15(10-20(19)30-2)22-17(12-25-27-22)14-28-8-7-18-16(13-28)11-24-23(26-18)21-4-3-9-31-21/h3-6,9-12H,7-8,13-14H2,1-2H3,(H,25,27). The van der Waals surface area contributed by atoms with E-state index < -0.39 is 0 Å². The minimum Gasteiger partial charge on any atom is -0.493 e. The van der Waals surface area contributed by atoms with Gasteiger partial charge in [-0.05, 0) is 29.6 Å². The highest BCUT2D eigenvalue weighted by molar-refractivity contribution is 7.13. The molecule has 0 atom stereocenters. The van der Waals surface area contributed by atoms with Crippen molar-refractivity contribution in [3.63, 3.8) is 0 Å². The summed E-state index contributed by atoms with van der Waals surface area (Å²) in [6.07, 6.45) is 4.80. The summed E-state index contributed by atoms with van der Waals surface area (Å²) in [6.45, 7) is 2.58. The summed E-state index contributed by atoms with van der Waals surface area (Å²) in [6, 6.07) is 10.0. The lowest BCUT2D eigenvalue weighted by molar-refractivity contribution is 0.243. The second kappa shape index (κ2) is 8.49. The van der Waals surface area contributed by atoms with Gasteiger partial charge in [0, 0.05) is 48.9 Å². The highest BCUT2D eigenvalue weighted by atomic mass is 32.1. The molecule has 7 nitrogen and oxygen atoms in total. The van der Waals surface area contributed by atoms with Gasteiger partial charge in [-0.25, -0.2) is 9.97 Å². The van der Waals surface area contributed by atoms with Crippen LogP contribution >= 0.6 is 11.3 Å². The van der Waals surface area contributed by atoms with Crippen LogP contribution in [0.15, 0.2) is 48.1 Å². The van der Waals surface area contributed by atoms with E-state index in [1.165, 1.54) is 5.56 Å². The monoisotopic (exact) mass is 433 g/mol. The van der Waals surface area contributed by atoms with Crippen LogP contribution in [0.2, 0.25) is 0 Å². The third-order valence-corrected chi connectivity index (χ3v) is 6.40. The van der Waals surface area contributed by atoms with Crippen LogP contribution in [0.4, 0.5) is 0 Å². The molecule has 4 heterocycles. The maximum atomic E-state index is 5.46. The molecule has 1 aliphatic heterocycles. The number of hydrogen-bond acceptors (Lipinski definition) is 7. The van der Waals surface area contributed by atoms with Crippen molar-refractivity contribution in [3.05, 3.63) is 64.9 Å². The zero-order valence-electron chi connectivity index (χ0n) is 17.5. The second-order valence-corrected chi connectivity index (χ2v) is 8.39. The number of H-pyrrole nitrogens is 1. The van der Waals surface area contributed by atoms with Gasteiger partial charge in [-0.3, -0.25) is 10.00 Å². The fourth-order valence-corrected chi connectivity index (χ4v) is 4.61. The molecule has 31 heavy (non-hydrogen) atoms. The van der Waals surface area contributed by atoms with E-state index in [1.807, 2.05) is 36.7 Å². The van der Waals surface area contributed by atoms with E-state index >= 15 is 0 Å². The Hall–Kier alpha value is -3.23. The molecule has 158 valence electrons. The molecule has 8 heteroatoms. The first-order valence-electron chi connectivity index (χ1n) is 10.1. The van der Waals surface area contributed by atoms with Crippen molar-refractivity contribution in [1.29, 1.82) is 0 Å². The lowest BCUT2D eigenvalue weighted by Gasteiger charge is -2.28. The molecule has 0 fully saturated rings. The number of ether oxygens (including phenoxy) is 2. The molecule has 0 bridgehead atoms. The van der Waals surface area contributed by atoms with Crippen LogP contribution in [0, 0.1) is 0 Å². The Morgan fingerprint density at radius 2 is 2.03 bits per heavy atom. The largest absolute Gasteiger partial charge is 0.493 e. The maximum Gasteiger partial charge on any atom is 0.169 e. The van der Waals surface area contributed by atoms with Crippen molar-refractivity contribution in [2.75, 3.05) is 20.8 Å². The molecule has 5 rings (SSSR count). The summed E-state index contributed by atoms with van der Waals surface area (Å²) in [5.74, 6) is 2.24. The van der Waals surface area contributed by atoms with Crippen LogP contribution in [0.3, 0.4) is 0 Å². The van der Waals surface area contributed by atoms with Crippen molar-refractivity contribution < 1.29 is 9.47 Å². The van der Waals surface area contributed by atoms with Crippen LogP contribution in [-0.2, 0) is 19.5 Å². The minimum absolute atomic E-state index is 0.700. The molecule has 4 aromatic rings. The van der Waals surface area contributed by atoms with Crippen molar-refractivity contribution in [1.82, 2.24) is 25.1 Å². The van der Waals surface area contributed by atoms with Gasteiger partial charge in [0.25, 0.3) is 0 Å². The van der Waals surface area contributed by atoms with E-state index in [0.29, 0.717) is 11.5 Å². The smallest absolute Gasteiger partial charge is 0.169 e. The average molecular weight is 434 g/mol. The second-order valence-electron chi connectivity index (χ2n) is 7.44. The molecule has 0 saturated heterocycles. The summed E-state index contributed by atoms with van der Waals surface area (Å²) in [5.41, 5.74) is 5.51. The van der Waals surface area contributed by atoms with E-state index in [0.717, 1.165) is 59.3 Å². The van der Waals surface area contributed by atoms with Crippen LogP contribution in [0.5, 0.6) is 11.5 Å². The Kier molecular flexibility index (Phi) is 5.40. The molecule has 1 N–H and O–H groups in total. The number of rotatable bonds is 6.